The molecule has 0 atom stereocenters. The van der Waals surface area contributed by atoms with E-state index in [2.05, 4.69) is 15.6 Å². The molecule has 1 aliphatic carbocycles. The highest BCUT2D eigenvalue weighted by Gasteiger charge is 2.30. The Morgan fingerprint density at radius 2 is 2.09 bits per heavy atom. The molecule has 0 saturated heterocycles. The molecule has 1 aromatic carbocycles. The first-order chi connectivity index (χ1) is 11.2. The fourth-order valence-electron chi connectivity index (χ4n) is 2.83. The third-order valence-corrected chi connectivity index (χ3v) is 4.22. The molecule has 2 heterocycles. The van der Waals surface area contributed by atoms with Crippen LogP contribution in [0.1, 0.15) is 18.4 Å². The summed E-state index contributed by atoms with van der Waals surface area (Å²) in [5.41, 5.74) is 2.16. The van der Waals surface area contributed by atoms with E-state index in [1.807, 2.05) is 24.3 Å². The van der Waals surface area contributed by atoms with Crippen molar-refractivity contribution in [2.45, 2.75) is 25.8 Å². The molecule has 4 rings (SSSR count). The van der Waals surface area contributed by atoms with E-state index in [1.165, 1.54) is 10.2 Å². The van der Waals surface area contributed by atoms with Crippen molar-refractivity contribution >= 4 is 23.3 Å². The van der Waals surface area contributed by atoms with Gasteiger partial charge in [-0.3, -0.25) is 9.59 Å². The largest absolute Gasteiger partial charge is 0.310 e. The predicted molar refractivity (Wildman–Crippen MR) is 83.9 cm³/mol. The zero-order valence-corrected chi connectivity index (χ0v) is 12.6. The van der Waals surface area contributed by atoms with Crippen LogP contribution in [0.15, 0.2) is 30.5 Å². The van der Waals surface area contributed by atoms with Crippen molar-refractivity contribution in [1.29, 1.82) is 0 Å². The van der Waals surface area contributed by atoms with Crippen molar-refractivity contribution < 1.29 is 9.59 Å². The van der Waals surface area contributed by atoms with Crippen LogP contribution in [0.25, 0.3) is 0 Å². The SMILES string of the molecule is O=C(Nc1cn(CC(=O)N2CCc3ccccc32)nn1)C1CC1. The quantitative estimate of drug-likeness (QED) is 0.920. The summed E-state index contributed by atoms with van der Waals surface area (Å²) in [6.45, 7) is 0.804. The number of nitrogens with one attached hydrogen (secondary N) is 1. The maximum Gasteiger partial charge on any atom is 0.248 e. The molecule has 0 spiro atoms. The highest BCUT2D eigenvalue weighted by molar-refractivity contribution is 5.95. The Bertz CT molecular complexity index is 765. The van der Waals surface area contributed by atoms with Gasteiger partial charge in [-0.1, -0.05) is 23.4 Å². The molecule has 1 N–H and O–H groups in total. The van der Waals surface area contributed by atoms with E-state index >= 15 is 0 Å². The Hall–Kier alpha value is -2.70. The van der Waals surface area contributed by atoms with Crippen LogP contribution in [0.5, 0.6) is 0 Å². The minimum absolute atomic E-state index is 0.0168. The number of aromatic nitrogens is 3. The van der Waals surface area contributed by atoms with E-state index in [-0.39, 0.29) is 24.3 Å². The average Bonchev–Trinajstić information content (AvgIpc) is 3.18. The molecule has 7 heteroatoms. The summed E-state index contributed by atoms with van der Waals surface area (Å²) >= 11 is 0. The number of hydrogen-bond acceptors (Lipinski definition) is 4. The third-order valence-electron chi connectivity index (χ3n) is 4.22. The lowest BCUT2D eigenvalue weighted by Crippen LogP contribution is -2.32. The number of carbonyl (C=O) groups excluding carboxylic acids is 2. The van der Waals surface area contributed by atoms with Crippen LogP contribution in [0.2, 0.25) is 0 Å². The molecular formula is C16H17N5O2. The van der Waals surface area contributed by atoms with Gasteiger partial charge >= 0.3 is 0 Å². The molecule has 2 aliphatic rings. The zero-order valence-electron chi connectivity index (χ0n) is 12.6. The number of benzene rings is 1. The highest BCUT2D eigenvalue weighted by Crippen LogP contribution is 2.30. The summed E-state index contributed by atoms with van der Waals surface area (Å²) in [5, 5.41) is 10.5. The van der Waals surface area contributed by atoms with Crippen LogP contribution in [0, 0.1) is 5.92 Å². The van der Waals surface area contributed by atoms with Gasteiger partial charge < -0.3 is 10.2 Å². The Morgan fingerprint density at radius 1 is 1.26 bits per heavy atom. The number of anilines is 2. The lowest BCUT2D eigenvalue weighted by Gasteiger charge is -2.16. The summed E-state index contributed by atoms with van der Waals surface area (Å²) in [5.74, 6) is 0.469. The number of fused-ring (bicyclic) bond motifs is 1. The maximum absolute atomic E-state index is 12.5. The Kier molecular flexibility index (Phi) is 3.33. The molecule has 7 nitrogen and oxygen atoms in total. The first kappa shape index (κ1) is 13.9. The van der Waals surface area contributed by atoms with Crippen molar-refractivity contribution in [2.75, 3.05) is 16.8 Å². The summed E-state index contributed by atoms with van der Waals surface area (Å²) in [6, 6.07) is 7.93. The number of hydrogen-bond donors (Lipinski definition) is 1. The summed E-state index contributed by atoms with van der Waals surface area (Å²) in [4.78, 5) is 25.9. The lowest BCUT2D eigenvalue weighted by molar-refractivity contribution is -0.119. The molecule has 2 aromatic rings. The highest BCUT2D eigenvalue weighted by atomic mass is 16.2. The van der Waals surface area contributed by atoms with Gasteiger partial charge in [0.2, 0.25) is 11.8 Å². The van der Waals surface area contributed by atoms with Gasteiger partial charge in [0.1, 0.15) is 6.54 Å². The molecule has 0 radical (unpaired) electrons. The van der Waals surface area contributed by atoms with E-state index < -0.39 is 0 Å². The number of nitrogens with zero attached hydrogens (tertiary/aromatic N) is 4. The number of rotatable bonds is 4. The summed E-state index contributed by atoms with van der Waals surface area (Å²) in [6.07, 6.45) is 4.35. The zero-order chi connectivity index (χ0) is 15.8. The number of carbonyl (C=O) groups is 2. The standard InChI is InChI=1S/C16H17N5O2/c22-15(21-8-7-11-3-1-2-4-13(11)21)10-20-9-14(18-19-20)17-16(23)12-5-6-12/h1-4,9,12H,5-8,10H2,(H,17,23). The molecule has 1 aliphatic heterocycles. The number of para-hydroxylation sites is 1. The Labute approximate surface area is 133 Å². The fraction of sp³-hybridized carbons (Fsp3) is 0.375. The van der Waals surface area contributed by atoms with E-state index in [4.69, 9.17) is 0 Å². The van der Waals surface area contributed by atoms with Gasteiger partial charge in [0.05, 0.1) is 6.20 Å². The van der Waals surface area contributed by atoms with Crippen molar-refractivity contribution in [3.63, 3.8) is 0 Å². The second kappa shape index (κ2) is 5.49. The Morgan fingerprint density at radius 3 is 2.91 bits per heavy atom. The molecule has 118 valence electrons. The van der Waals surface area contributed by atoms with E-state index in [0.717, 1.165) is 24.9 Å². The predicted octanol–water partition coefficient (Wildman–Crippen LogP) is 1.22. The molecule has 1 saturated carbocycles. The van der Waals surface area contributed by atoms with E-state index in [9.17, 15) is 9.59 Å². The van der Waals surface area contributed by atoms with Crippen LogP contribution in [-0.2, 0) is 22.6 Å². The normalized spacial score (nSPS) is 16.3. The Balaban J connectivity index is 1.41. The second-order valence-corrected chi connectivity index (χ2v) is 5.99. The van der Waals surface area contributed by atoms with Crippen molar-refractivity contribution in [2.24, 2.45) is 5.92 Å². The monoisotopic (exact) mass is 311 g/mol. The van der Waals surface area contributed by atoms with Gasteiger partial charge in [0, 0.05) is 18.2 Å². The van der Waals surface area contributed by atoms with E-state index in [0.29, 0.717) is 12.4 Å². The molecule has 1 fully saturated rings. The first-order valence-corrected chi connectivity index (χ1v) is 7.80. The maximum atomic E-state index is 12.5. The van der Waals surface area contributed by atoms with Crippen LogP contribution in [0.4, 0.5) is 11.5 Å². The van der Waals surface area contributed by atoms with Crippen LogP contribution in [0.3, 0.4) is 0 Å². The summed E-state index contributed by atoms with van der Waals surface area (Å²) < 4.78 is 1.46. The van der Waals surface area contributed by atoms with Crippen molar-refractivity contribution in [1.82, 2.24) is 15.0 Å². The molecule has 0 unspecified atom stereocenters. The van der Waals surface area contributed by atoms with Gasteiger partial charge in [-0.25, -0.2) is 4.68 Å². The third kappa shape index (κ3) is 2.81. The smallest absolute Gasteiger partial charge is 0.248 e. The van der Waals surface area contributed by atoms with Crippen molar-refractivity contribution in [3.8, 4) is 0 Å². The summed E-state index contributed by atoms with van der Waals surface area (Å²) in [7, 11) is 0. The van der Waals surface area contributed by atoms with Gasteiger partial charge in [-0.05, 0) is 30.9 Å². The molecule has 1 aromatic heterocycles. The van der Waals surface area contributed by atoms with Crippen LogP contribution < -0.4 is 10.2 Å². The number of amides is 2. The molecule has 0 bridgehead atoms. The topological polar surface area (TPSA) is 80.1 Å². The fourth-order valence-corrected chi connectivity index (χ4v) is 2.83. The minimum Gasteiger partial charge on any atom is -0.310 e. The first-order valence-electron chi connectivity index (χ1n) is 7.80. The van der Waals surface area contributed by atoms with Crippen LogP contribution in [-0.4, -0.2) is 33.4 Å². The van der Waals surface area contributed by atoms with Gasteiger partial charge in [0.15, 0.2) is 5.82 Å². The second-order valence-electron chi connectivity index (χ2n) is 5.99. The van der Waals surface area contributed by atoms with Gasteiger partial charge in [0.25, 0.3) is 0 Å². The molecular weight excluding hydrogens is 294 g/mol. The average molecular weight is 311 g/mol. The lowest BCUT2D eigenvalue weighted by atomic mass is 10.2. The molecule has 23 heavy (non-hydrogen) atoms. The van der Waals surface area contributed by atoms with Crippen LogP contribution >= 0.6 is 0 Å². The van der Waals surface area contributed by atoms with Crippen molar-refractivity contribution in [3.05, 3.63) is 36.0 Å². The van der Waals surface area contributed by atoms with Gasteiger partial charge in [-0.2, -0.15) is 0 Å². The van der Waals surface area contributed by atoms with Gasteiger partial charge in [-0.15, -0.1) is 5.10 Å². The molecule has 2 amide bonds. The van der Waals surface area contributed by atoms with E-state index in [1.54, 1.807) is 11.1 Å². The minimum atomic E-state index is -0.0279.